The Morgan fingerprint density at radius 1 is 1.57 bits per heavy atom. The second kappa shape index (κ2) is 4.32. The van der Waals surface area contributed by atoms with Crippen LogP contribution >= 0.6 is 16.1 Å². The van der Waals surface area contributed by atoms with E-state index in [1.165, 1.54) is 26.2 Å². The summed E-state index contributed by atoms with van der Waals surface area (Å²) >= 11 is 3.00. The molecule has 0 saturated carbocycles. The minimum absolute atomic E-state index is 0.0144. The summed E-state index contributed by atoms with van der Waals surface area (Å²) < 4.78 is 7.54. The van der Waals surface area contributed by atoms with E-state index in [0.717, 1.165) is 0 Å². The number of halogens is 1. The highest BCUT2D eigenvalue weighted by Gasteiger charge is 2.12. The molecular formula is C9H10BrNO3. The number of methoxy groups -OCH3 is 1. The number of benzene rings is 1. The maximum Gasteiger partial charge on any atom is 0.162 e. The largest absolute Gasteiger partial charge is 0.504 e. The molecule has 1 aromatic carbocycles. The average molecular weight is 260 g/mol. The summed E-state index contributed by atoms with van der Waals surface area (Å²) in [7, 11) is 1.43. The van der Waals surface area contributed by atoms with Crippen molar-refractivity contribution in [2.75, 3.05) is 11.5 Å². The molecule has 1 aromatic rings. The molecule has 0 aliphatic carbocycles. The van der Waals surface area contributed by atoms with E-state index in [2.05, 4.69) is 20.5 Å². The van der Waals surface area contributed by atoms with Crippen molar-refractivity contribution < 1.29 is 14.6 Å². The Bertz CT molecular complexity index is 365. The lowest BCUT2D eigenvalue weighted by atomic mass is 10.1. The highest BCUT2D eigenvalue weighted by Crippen LogP contribution is 2.33. The van der Waals surface area contributed by atoms with Gasteiger partial charge >= 0.3 is 0 Å². The molecule has 0 heterocycles. The first kappa shape index (κ1) is 10.8. The molecule has 0 aliphatic heterocycles. The van der Waals surface area contributed by atoms with Crippen LogP contribution in [0, 0.1) is 0 Å². The van der Waals surface area contributed by atoms with E-state index in [1.54, 1.807) is 0 Å². The highest BCUT2D eigenvalue weighted by molar-refractivity contribution is 9.10. The van der Waals surface area contributed by atoms with Gasteiger partial charge in [-0.05, 0) is 13.0 Å². The number of carbonyl (C=O) groups excluding carboxylic acids is 1. The van der Waals surface area contributed by atoms with Crippen LogP contribution in [0.15, 0.2) is 12.1 Å². The molecule has 0 unspecified atom stereocenters. The van der Waals surface area contributed by atoms with E-state index < -0.39 is 0 Å². The summed E-state index contributed by atoms with van der Waals surface area (Å²) in [5.74, 6) is 0.159. The molecule has 0 radical (unpaired) electrons. The molecule has 0 bridgehead atoms. The van der Waals surface area contributed by atoms with Crippen molar-refractivity contribution in [3.05, 3.63) is 17.7 Å². The third-order valence-electron chi connectivity index (χ3n) is 1.80. The fourth-order valence-corrected chi connectivity index (χ4v) is 1.43. The number of phenolic OH excluding ortho intramolecular Hbond substituents is 1. The third kappa shape index (κ3) is 1.98. The van der Waals surface area contributed by atoms with Crippen LogP contribution in [-0.2, 0) is 0 Å². The fraction of sp³-hybridized carbons (Fsp3) is 0.222. The number of hydrogen-bond acceptors (Lipinski definition) is 4. The summed E-state index contributed by atoms with van der Waals surface area (Å²) in [5, 5.41) is 9.43. The quantitative estimate of drug-likeness (QED) is 0.646. The number of Topliss-reactive ketones (excluding diaryl/α,β-unsaturated/α-hetero) is 1. The lowest BCUT2D eigenvalue weighted by Gasteiger charge is -2.09. The van der Waals surface area contributed by atoms with E-state index in [0.29, 0.717) is 11.3 Å². The first-order valence-electron chi connectivity index (χ1n) is 3.88. The van der Waals surface area contributed by atoms with Crippen LogP contribution in [0.5, 0.6) is 11.5 Å². The molecule has 0 fully saturated rings. The average Bonchev–Trinajstić information content (AvgIpc) is 2.16. The van der Waals surface area contributed by atoms with E-state index in [-0.39, 0.29) is 17.3 Å². The van der Waals surface area contributed by atoms with Gasteiger partial charge in [0.25, 0.3) is 0 Å². The summed E-state index contributed by atoms with van der Waals surface area (Å²) in [5.41, 5.74) is 0.965. The molecule has 4 nitrogen and oxygen atoms in total. The SMILES string of the molecule is COc1cc(C(C)=O)c(NBr)cc1O. The zero-order valence-electron chi connectivity index (χ0n) is 7.80. The predicted octanol–water partition coefficient (Wildman–Crippen LogP) is 2.33. The molecular weight excluding hydrogens is 250 g/mol. The molecule has 0 aliphatic rings. The standard InChI is InChI=1S/C9H10BrNO3/c1-5(12)6-3-9(14-2)8(13)4-7(6)11-10/h3-4,11,13H,1-2H3. The van der Waals surface area contributed by atoms with Crippen molar-refractivity contribution >= 4 is 27.6 Å². The first-order valence-corrected chi connectivity index (χ1v) is 4.68. The topological polar surface area (TPSA) is 58.6 Å². The van der Waals surface area contributed by atoms with Gasteiger partial charge in [0, 0.05) is 27.8 Å². The lowest BCUT2D eigenvalue weighted by molar-refractivity contribution is 0.101. The van der Waals surface area contributed by atoms with Crippen molar-refractivity contribution in [3.63, 3.8) is 0 Å². The molecule has 14 heavy (non-hydrogen) atoms. The summed E-state index contributed by atoms with van der Waals surface area (Å²) in [6.07, 6.45) is 0. The van der Waals surface area contributed by atoms with Crippen LogP contribution < -0.4 is 9.08 Å². The second-order valence-electron chi connectivity index (χ2n) is 2.72. The summed E-state index contributed by atoms with van der Waals surface area (Å²) in [6, 6.07) is 2.91. The second-order valence-corrected chi connectivity index (χ2v) is 3.12. The summed E-state index contributed by atoms with van der Waals surface area (Å²) in [4.78, 5) is 11.2. The van der Waals surface area contributed by atoms with Crippen molar-refractivity contribution in [2.24, 2.45) is 0 Å². The fourth-order valence-electron chi connectivity index (χ4n) is 1.10. The number of hydrogen-bond donors (Lipinski definition) is 2. The maximum absolute atomic E-state index is 11.2. The van der Waals surface area contributed by atoms with Gasteiger partial charge in [-0.3, -0.25) is 4.79 Å². The monoisotopic (exact) mass is 259 g/mol. The van der Waals surface area contributed by atoms with Crippen LogP contribution in [-0.4, -0.2) is 18.0 Å². The van der Waals surface area contributed by atoms with Gasteiger partial charge in [-0.1, -0.05) is 0 Å². The number of rotatable bonds is 3. The van der Waals surface area contributed by atoms with Crippen LogP contribution in [0.1, 0.15) is 17.3 Å². The Hall–Kier alpha value is -1.23. The Kier molecular flexibility index (Phi) is 3.35. The molecule has 5 heteroatoms. The van der Waals surface area contributed by atoms with Gasteiger partial charge in [-0.2, -0.15) is 0 Å². The number of aromatic hydroxyl groups is 1. The predicted molar refractivity (Wildman–Crippen MR) is 57.2 cm³/mol. The number of carbonyl (C=O) groups is 1. The molecule has 0 saturated heterocycles. The number of nitrogens with one attached hydrogen (secondary N) is 1. The Labute approximate surface area is 90.2 Å². The van der Waals surface area contributed by atoms with Gasteiger partial charge in [-0.25, -0.2) is 0 Å². The van der Waals surface area contributed by atoms with Gasteiger partial charge in [0.05, 0.1) is 12.8 Å². The van der Waals surface area contributed by atoms with Crippen LogP contribution in [0.4, 0.5) is 5.69 Å². The lowest BCUT2D eigenvalue weighted by Crippen LogP contribution is -1.98. The molecule has 2 N–H and O–H groups in total. The van der Waals surface area contributed by atoms with E-state index in [1.807, 2.05) is 0 Å². The van der Waals surface area contributed by atoms with Crippen LogP contribution in [0.3, 0.4) is 0 Å². The number of phenols is 1. The molecule has 76 valence electrons. The molecule has 0 spiro atoms. The van der Waals surface area contributed by atoms with Gasteiger partial charge in [0.2, 0.25) is 0 Å². The van der Waals surface area contributed by atoms with Crippen molar-refractivity contribution in [3.8, 4) is 11.5 Å². The van der Waals surface area contributed by atoms with Crippen molar-refractivity contribution in [1.82, 2.24) is 0 Å². The zero-order chi connectivity index (χ0) is 10.7. The first-order chi connectivity index (χ1) is 6.60. The van der Waals surface area contributed by atoms with Crippen LogP contribution in [0.25, 0.3) is 0 Å². The Morgan fingerprint density at radius 2 is 2.21 bits per heavy atom. The van der Waals surface area contributed by atoms with E-state index >= 15 is 0 Å². The molecule has 0 atom stereocenters. The minimum Gasteiger partial charge on any atom is -0.504 e. The molecule has 1 rings (SSSR count). The molecule has 0 amide bonds. The third-order valence-corrected chi connectivity index (χ3v) is 2.23. The maximum atomic E-state index is 11.2. The number of anilines is 1. The summed E-state index contributed by atoms with van der Waals surface area (Å²) in [6.45, 7) is 1.44. The van der Waals surface area contributed by atoms with Crippen molar-refractivity contribution in [1.29, 1.82) is 0 Å². The zero-order valence-corrected chi connectivity index (χ0v) is 9.38. The normalized spacial score (nSPS) is 9.64. The van der Waals surface area contributed by atoms with Gasteiger partial charge in [0.15, 0.2) is 17.3 Å². The highest BCUT2D eigenvalue weighted by atomic mass is 79.9. The van der Waals surface area contributed by atoms with E-state index in [9.17, 15) is 9.90 Å². The smallest absolute Gasteiger partial charge is 0.162 e. The van der Waals surface area contributed by atoms with E-state index in [4.69, 9.17) is 4.74 Å². The number of ketones is 1. The Balaban J connectivity index is 3.32. The Morgan fingerprint density at radius 3 is 2.64 bits per heavy atom. The van der Waals surface area contributed by atoms with Gasteiger partial charge < -0.3 is 14.2 Å². The number of ether oxygens (including phenoxy) is 1. The van der Waals surface area contributed by atoms with Gasteiger partial charge in [0.1, 0.15) is 0 Å². The molecule has 0 aromatic heterocycles. The van der Waals surface area contributed by atoms with Crippen LogP contribution in [0.2, 0.25) is 0 Å². The van der Waals surface area contributed by atoms with Gasteiger partial charge in [-0.15, -0.1) is 0 Å². The van der Waals surface area contributed by atoms with Crippen molar-refractivity contribution in [2.45, 2.75) is 6.92 Å². The minimum atomic E-state index is -0.106.